The first-order valence-corrected chi connectivity index (χ1v) is 6.06. The molecule has 0 unspecified atom stereocenters. The molecule has 1 heterocycles. The van der Waals surface area contributed by atoms with Crippen LogP contribution in [0.5, 0.6) is 0 Å². The molecule has 0 aromatic heterocycles. The first kappa shape index (κ1) is 14.8. The van der Waals surface area contributed by atoms with Gasteiger partial charge in [0.15, 0.2) is 6.04 Å². The lowest BCUT2D eigenvalue weighted by molar-refractivity contribution is -0.137. The molecule has 1 aliphatic heterocycles. The van der Waals surface area contributed by atoms with E-state index in [2.05, 4.69) is 0 Å². The van der Waals surface area contributed by atoms with E-state index in [0.29, 0.717) is 6.42 Å². The van der Waals surface area contributed by atoms with Crippen molar-refractivity contribution in [2.75, 3.05) is 0 Å². The lowest BCUT2D eigenvalue weighted by atomic mass is 10.0. The molecule has 0 spiro atoms. The molecule has 0 aromatic carbocycles. The Morgan fingerprint density at radius 3 is 2.61 bits per heavy atom. The molecule has 6 heteroatoms. The Labute approximate surface area is 106 Å². The van der Waals surface area contributed by atoms with Gasteiger partial charge >= 0.3 is 0 Å². The van der Waals surface area contributed by atoms with E-state index in [1.807, 2.05) is 13.8 Å². The number of nitrogens with two attached hydrogens (primary N) is 1. The fourth-order valence-corrected chi connectivity index (χ4v) is 2.36. The van der Waals surface area contributed by atoms with Gasteiger partial charge in [0.25, 0.3) is 5.92 Å². The summed E-state index contributed by atoms with van der Waals surface area (Å²) in [4.78, 5) is 13.0. The third-order valence-electron chi connectivity index (χ3n) is 3.14. The van der Waals surface area contributed by atoms with Crippen LogP contribution in [0.1, 0.15) is 33.6 Å². The zero-order valence-corrected chi connectivity index (χ0v) is 10.9. The molecule has 18 heavy (non-hydrogen) atoms. The first-order valence-electron chi connectivity index (χ1n) is 6.06. The Balaban J connectivity index is 2.88. The second-order valence-electron chi connectivity index (χ2n) is 5.33. The predicted molar refractivity (Wildman–Crippen MR) is 62.7 cm³/mol. The van der Waals surface area contributed by atoms with Crippen molar-refractivity contribution in [2.24, 2.45) is 11.7 Å². The molecule has 102 valence electrons. The van der Waals surface area contributed by atoms with Gasteiger partial charge in [0.05, 0.1) is 12.1 Å². The third-order valence-corrected chi connectivity index (χ3v) is 3.14. The molecular weight excluding hydrogens is 240 g/mol. The van der Waals surface area contributed by atoms with Crippen LogP contribution in [0.4, 0.5) is 8.78 Å². The first-order chi connectivity index (χ1) is 8.20. The number of hydrogen-bond donors (Lipinski definition) is 1. The minimum absolute atomic E-state index is 0.197. The summed E-state index contributed by atoms with van der Waals surface area (Å²) in [7, 11) is 0. The topological polar surface area (TPSA) is 70.1 Å². The van der Waals surface area contributed by atoms with Gasteiger partial charge in [0.2, 0.25) is 5.91 Å². The number of carbonyl (C=O) groups excluding carboxylic acids is 1. The standard InChI is InChI=1S/C12H19F2N3O/c1-7(2)4-9(16)11(18)17-8(3)5-12(13,14)10(17)6-15/h7-10H,4-5,16H2,1-3H3/t8-,9+,10-/m1/s1. The second-order valence-corrected chi connectivity index (χ2v) is 5.33. The van der Waals surface area contributed by atoms with E-state index in [4.69, 9.17) is 11.0 Å². The van der Waals surface area contributed by atoms with Crippen LogP contribution in [0.2, 0.25) is 0 Å². The quantitative estimate of drug-likeness (QED) is 0.835. The Morgan fingerprint density at radius 1 is 1.61 bits per heavy atom. The van der Waals surface area contributed by atoms with E-state index in [-0.39, 0.29) is 5.92 Å². The average molecular weight is 259 g/mol. The summed E-state index contributed by atoms with van der Waals surface area (Å²) < 4.78 is 27.1. The maximum absolute atomic E-state index is 13.5. The normalized spacial score (nSPS) is 28.2. The van der Waals surface area contributed by atoms with Crippen molar-refractivity contribution in [2.45, 2.75) is 57.7 Å². The number of nitrogens with zero attached hydrogens (tertiary/aromatic N) is 2. The molecule has 0 bridgehead atoms. The number of halogens is 2. The smallest absolute Gasteiger partial charge is 0.283 e. The van der Waals surface area contributed by atoms with E-state index in [0.717, 1.165) is 4.90 Å². The Kier molecular flexibility index (Phi) is 4.28. The number of amides is 1. The number of alkyl halides is 2. The molecule has 3 atom stereocenters. The highest BCUT2D eigenvalue weighted by Crippen LogP contribution is 2.38. The number of likely N-dealkylation sites (tertiary alicyclic amines) is 1. The molecule has 4 nitrogen and oxygen atoms in total. The van der Waals surface area contributed by atoms with Crippen LogP contribution >= 0.6 is 0 Å². The van der Waals surface area contributed by atoms with Gasteiger partial charge in [-0.2, -0.15) is 5.26 Å². The summed E-state index contributed by atoms with van der Waals surface area (Å²) in [6, 6.07) is -1.65. The van der Waals surface area contributed by atoms with Crippen LogP contribution in [0.15, 0.2) is 0 Å². The molecule has 0 saturated carbocycles. The van der Waals surface area contributed by atoms with Gasteiger partial charge in [-0.25, -0.2) is 8.78 Å². The van der Waals surface area contributed by atoms with E-state index < -0.39 is 36.4 Å². The van der Waals surface area contributed by atoms with E-state index >= 15 is 0 Å². The molecule has 1 amide bonds. The van der Waals surface area contributed by atoms with Crippen LogP contribution in [-0.4, -0.2) is 34.9 Å². The maximum Gasteiger partial charge on any atom is 0.283 e. The average Bonchev–Trinajstić information content (AvgIpc) is 2.44. The zero-order valence-electron chi connectivity index (χ0n) is 10.9. The Morgan fingerprint density at radius 2 is 2.17 bits per heavy atom. The second kappa shape index (κ2) is 5.19. The summed E-state index contributed by atoms with van der Waals surface area (Å²) in [5, 5.41) is 8.84. The molecule has 1 saturated heterocycles. The van der Waals surface area contributed by atoms with Crippen molar-refractivity contribution in [3.05, 3.63) is 0 Å². The van der Waals surface area contributed by atoms with Crippen LogP contribution in [0.25, 0.3) is 0 Å². The highest BCUT2D eigenvalue weighted by Gasteiger charge is 2.55. The number of rotatable bonds is 3. The third kappa shape index (κ3) is 2.78. The highest BCUT2D eigenvalue weighted by molar-refractivity contribution is 5.83. The monoisotopic (exact) mass is 259 g/mol. The predicted octanol–water partition coefficient (Wildman–Crippen LogP) is 1.51. The molecule has 1 aliphatic rings. The molecular formula is C12H19F2N3O. The van der Waals surface area contributed by atoms with Crippen molar-refractivity contribution in [3.8, 4) is 6.07 Å². The van der Waals surface area contributed by atoms with Gasteiger partial charge in [0.1, 0.15) is 0 Å². The van der Waals surface area contributed by atoms with Crippen molar-refractivity contribution < 1.29 is 13.6 Å². The summed E-state index contributed by atoms with van der Waals surface area (Å²) in [5.74, 6) is -3.51. The minimum Gasteiger partial charge on any atom is -0.320 e. The largest absolute Gasteiger partial charge is 0.320 e. The van der Waals surface area contributed by atoms with Crippen molar-refractivity contribution in [1.29, 1.82) is 5.26 Å². The van der Waals surface area contributed by atoms with Gasteiger partial charge in [-0.05, 0) is 19.3 Å². The summed E-state index contributed by atoms with van der Waals surface area (Å²) >= 11 is 0. The van der Waals surface area contributed by atoms with Crippen molar-refractivity contribution in [1.82, 2.24) is 4.90 Å². The van der Waals surface area contributed by atoms with Gasteiger partial charge in [-0.15, -0.1) is 0 Å². The fourth-order valence-electron chi connectivity index (χ4n) is 2.36. The summed E-state index contributed by atoms with van der Waals surface area (Å²) in [5.41, 5.74) is 5.72. The molecule has 0 aliphatic carbocycles. The van der Waals surface area contributed by atoms with E-state index in [9.17, 15) is 13.6 Å². The number of carbonyl (C=O) groups is 1. The lowest BCUT2D eigenvalue weighted by Gasteiger charge is -2.28. The fraction of sp³-hybridized carbons (Fsp3) is 0.833. The highest BCUT2D eigenvalue weighted by atomic mass is 19.3. The van der Waals surface area contributed by atoms with Crippen molar-refractivity contribution in [3.63, 3.8) is 0 Å². The van der Waals surface area contributed by atoms with Crippen LogP contribution in [0, 0.1) is 17.2 Å². The Bertz CT molecular complexity index is 365. The SMILES string of the molecule is CC(C)C[C@H](N)C(=O)N1[C@H](C)CC(F)(F)[C@H]1C#N. The van der Waals surface area contributed by atoms with Gasteiger partial charge in [-0.1, -0.05) is 13.8 Å². The van der Waals surface area contributed by atoms with Crippen LogP contribution in [-0.2, 0) is 4.79 Å². The van der Waals surface area contributed by atoms with Gasteiger partial charge in [0, 0.05) is 12.5 Å². The van der Waals surface area contributed by atoms with E-state index in [1.165, 1.54) is 13.0 Å². The maximum atomic E-state index is 13.5. The number of nitriles is 1. The minimum atomic E-state index is -3.15. The van der Waals surface area contributed by atoms with Crippen LogP contribution in [0.3, 0.4) is 0 Å². The molecule has 0 aromatic rings. The molecule has 2 N–H and O–H groups in total. The molecule has 1 rings (SSSR count). The van der Waals surface area contributed by atoms with Crippen molar-refractivity contribution >= 4 is 5.91 Å². The van der Waals surface area contributed by atoms with E-state index in [1.54, 1.807) is 0 Å². The lowest BCUT2D eigenvalue weighted by Crippen LogP contribution is -2.50. The molecule has 0 radical (unpaired) electrons. The van der Waals surface area contributed by atoms with Crippen LogP contribution < -0.4 is 5.73 Å². The summed E-state index contributed by atoms with van der Waals surface area (Å²) in [6.45, 7) is 5.32. The van der Waals surface area contributed by atoms with Gasteiger partial charge in [-0.3, -0.25) is 4.79 Å². The van der Waals surface area contributed by atoms with Gasteiger partial charge < -0.3 is 10.6 Å². The summed E-state index contributed by atoms with van der Waals surface area (Å²) in [6.07, 6.45) is -0.0584. The Hall–Kier alpha value is -1.22. The zero-order chi connectivity index (χ0) is 14.1. The number of hydrogen-bond acceptors (Lipinski definition) is 3. The molecule has 1 fully saturated rings.